The molecule has 0 heterocycles. The van der Waals surface area contributed by atoms with E-state index in [1.807, 2.05) is 0 Å². The lowest BCUT2D eigenvalue weighted by Crippen LogP contribution is -1.97. The Balaban J connectivity index is 1.17. The highest BCUT2D eigenvalue weighted by Gasteiger charge is 2.02. The summed E-state index contributed by atoms with van der Waals surface area (Å²) in [6.45, 7) is 3.12. The molecule has 0 amide bonds. The smallest absolute Gasteiger partial charge is 0.119 e. The van der Waals surface area contributed by atoms with Crippen molar-refractivity contribution in [2.24, 2.45) is 0 Å². The fraction of sp³-hybridized carbons (Fsp3) is 0.500. The molecule has 0 aliphatic heterocycles. The standard InChI is InChI=1S/C36H50OS/c1-2-3-4-5-6-7-8-9-10-11-12-13-14-15-16-20-31-37-34-27-23-32(24-28-34)33-25-29-36(30-26-33)38-35-21-18-17-19-22-35/h17-19,21-30H,2-16,20,31H2,1H3. The fourth-order valence-corrected chi connectivity index (χ4v) is 5.76. The van der Waals surface area contributed by atoms with Crippen molar-refractivity contribution < 1.29 is 4.74 Å². The molecule has 0 bridgehead atoms. The molecule has 0 aromatic heterocycles. The summed E-state index contributed by atoms with van der Waals surface area (Å²) in [5, 5.41) is 0. The van der Waals surface area contributed by atoms with Gasteiger partial charge in [-0.25, -0.2) is 0 Å². The van der Waals surface area contributed by atoms with Gasteiger partial charge in [-0.3, -0.25) is 0 Å². The lowest BCUT2D eigenvalue weighted by molar-refractivity contribution is 0.304. The van der Waals surface area contributed by atoms with Crippen LogP contribution in [0, 0.1) is 0 Å². The van der Waals surface area contributed by atoms with Crippen LogP contribution in [0.15, 0.2) is 88.7 Å². The molecule has 3 aromatic rings. The second-order valence-electron chi connectivity index (χ2n) is 10.6. The Morgan fingerprint density at radius 2 is 0.868 bits per heavy atom. The number of benzene rings is 3. The van der Waals surface area contributed by atoms with E-state index >= 15 is 0 Å². The molecular weight excluding hydrogens is 480 g/mol. The van der Waals surface area contributed by atoms with Gasteiger partial charge < -0.3 is 4.74 Å². The van der Waals surface area contributed by atoms with Crippen molar-refractivity contribution in [2.45, 2.75) is 119 Å². The molecule has 3 rings (SSSR count). The van der Waals surface area contributed by atoms with Crippen LogP contribution in [0.1, 0.15) is 110 Å². The van der Waals surface area contributed by atoms with Gasteiger partial charge >= 0.3 is 0 Å². The molecule has 206 valence electrons. The van der Waals surface area contributed by atoms with E-state index in [0.717, 1.165) is 18.8 Å². The van der Waals surface area contributed by atoms with Crippen LogP contribution in [0.25, 0.3) is 11.1 Å². The number of hydrogen-bond acceptors (Lipinski definition) is 2. The van der Waals surface area contributed by atoms with Gasteiger partial charge in [0.25, 0.3) is 0 Å². The maximum absolute atomic E-state index is 6.00. The molecule has 0 aliphatic rings. The van der Waals surface area contributed by atoms with Crippen molar-refractivity contribution in [3.63, 3.8) is 0 Å². The van der Waals surface area contributed by atoms with E-state index in [1.54, 1.807) is 11.8 Å². The second-order valence-corrected chi connectivity index (χ2v) is 11.8. The average Bonchev–Trinajstić information content (AvgIpc) is 2.96. The Bertz CT molecular complexity index is 949. The first kappa shape index (κ1) is 30.4. The molecule has 0 radical (unpaired) electrons. The summed E-state index contributed by atoms with van der Waals surface area (Å²) < 4.78 is 6.00. The SMILES string of the molecule is CCCCCCCCCCCCCCCCCCOc1ccc(-c2ccc(Sc3ccccc3)cc2)cc1. The highest BCUT2D eigenvalue weighted by atomic mass is 32.2. The van der Waals surface area contributed by atoms with Crippen molar-refractivity contribution in [1.82, 2.24) is 0 Å². The van der Waals surface area contributed by atoms with Crippen LogP contribution in [-0.2, 0) is 0 Å². The molecule has 0 spiro atoms. The van der Waals surface area contributed by atoms with E-state index in [1.165, 1.54) is 117 Å². The van der Waals surface area contributed by atoms with Crippen molar-refractivity contribution in [3.05, 3.63) is 78.9 Å². The summed E-state index contributed by atoms with van der Waals surface area (Å²) in [5.41, 5.74) is 2.47. The van der Waals surface area contributed by atoms with Crippen LogP contribution in [0.5, 0.6) is 5.75 Å². The van der Waals surface area contributed by atoms with Crippen molar-refractivity contribution in [2.75, 3.05) is 6.61 Å². The van der Waals surface area contributed by atoms with E-state index in [9.17, 15) is 0 Å². The summed E-state index contributed by atoms with van der Waals surface area (Å²) in [4.78, 5) is 2.53. The van der Waals surface area contributed by atoms with Crippen molar-refractivity contribution >= 4 is 11.8 Å². The van der Waals surface area contributed by atoms with E-state index in [-0.39, 0.29) is 0 Å². The first-order chi connectivity index (χ1) is 18.8. The Kier molecular flexibility index (Phi) is 15.8. The third-order valence-corrected chi connectivity index (χ3v) is 8.30. The van der Waals surface area contributed by atoms with Crippen LogP contribution >= 0.6 is 11.8 Å². The zero-order valence-corrected chi connectivity index (χ0v) is 24.7. The van der Waals surface area contributed by atoms with Crippen LogP contribution in [0.3, 0.4) is 0 Å². The Morgan fingerprint density at radius 1 is 0.447 bits per heavy atom. The van der Waals surface area contributed by atoms with Crippen molar-refractivity contribution in [1.29, 1.82) is 0 Å². The summed E-state index contributed by atoms with van der Waals surface area (Å²) in [6, 6.07) is 27.9. The molecule has 0 saturated heterocycles. The molecule has 38 heavy (non-hydrogen) atoms. The molecule has 2 heteroatoms. The van der Waals surface area contributed by atoms with Crippen LogP contribution in [0.4, 0.5) is 0 Å². The van der Waals surface area contributed by atoms with Crippen LogP contribution < -0.4 is 4.74 Å². The molecular formula is C36H50OS. The van der Waals surface area contributed by atoms with E-state index < -0.39 is 0 Å². The van der Waals surface area contributed by atoms with Gasteiger partial charge in [-0.1, -0.05) is 157 Å². The van der Waals surface area contributed by atoms with E-state index in [2.05, 4.69) is 85.8 Å². The number of rotatable bonds is 21. The lowest BCUT2D eigenvalue weighted by Gasteiger charge is -2.08. The summed E-state index contributed by atoms with van der Waals surface area (Å²) in [5.74, 6) is 0.978. The average molecular weight is 531 g/mol. The minimum atomic E-state index is 0.823. The quantitative estimate of drug-likeness (QED) is 0.127. The zero-order valence-electron chi connectivity index (χ0n) is 23.8. The minimum absolute atomic E-state index is 0.823. The van der Waals surface area contributed by atoms with Crippen LogP contribution in [0.2, 0.25) is 0 Å². The molecule has 1 nitrogen and oxygen atoms in total. The normalized spacial score (nSPS) is 11.1. The van der Waals surface area contributed by atoms with Gasteiger partial charge in [-0.2, -0.15) is 0 Å². The van der Waals surface area contributed by atoms with Gasteiger partial charge in [0.2, 0.25) is 0 Å². The summed E-state index contributed by atoms with van der Waals surface area (Å²) in [7, 11) is 0. The van der Waals surface area contributed by atoms with Crippen molar-refractivity contribution in [3.8, 4) is 16.9 Å². The first-order valence-electron chi connectivity index (χ1n) is 15.4. The Hall–Kier alpha value is -2.19. The molecule has 0 fully saturated rings. The van der Waals surface area contributed by atoms with Gasteiger partial charge in [-0.15, -0.1) is 0 Å². The number of unbranched alkanes of at least 4 members (excludes halogenated alkanes) is 15. The van der Waals surface area contributed by atoms with Gasteiger partial charge in [0.05, 0.1) is 6.61 Å². The Morgan fingerprint density at radius 3 is 1.37 bits per heavy atom. The van der Waals surface area contributed by atoms with E-state index in [4.69, 9.17) is 4.74 Å². The molecule has 0 atom stereocenters. The number of ether oxygens (including phenoxy) is 1. The first-order valence-corrected chi connectivity index (χ1v) is 16.2. The largest absolute Gasteiger partial charge is 0.494 e. The monoisotopic (exact) mass is 530 g/mol. The fourth-order valence-electron chi connectivity index (χ4n) is 4.92. The summed E-state index contributed by atoms with van der Waals surface area (Å²) >= 11 is 1.80. The molecule has 3 aromatic carbocycles. The predicted molar refractivity (Wildman–Crippen MR) is 167 cm³/mol. The Labute approximate surface area is 237 Å². The minimum Gasteiger partial charge on any atom is -0.494 e. The molecule has 0 N–H and O–H groups in total. The number of hydrogen-bond donors (Lipinski definition) is 0. The van der Waals surface area contributed by atoms with Gasteiger partial charge in [0.1, 0.15) is 5.75 Å². The zero-order chi connectivity index (χ0) is 26.5. The van der Waals surface area contributed by atoms with Crippen LogP contribution in [-0.4, -0.2) is 6.61 Å². The van der Waals surface area contributed by atoms with E-state index in [0.29, 0.717) is 0 Å². The predicted octanol–water partition coefficient (Wildman–Crippen LogP) is 12.1. The lowest BCUT2D eigenvalue weighted by atomic mass is 10.0. The third-order valence-electron chi connectivity index (χ3n) is 7.29. The molecule has 0 aliphatic carbocycles. The highest BCUT2D eigenvalue weighted by Crippen LogP contribution is 2.30. The maximum atomic E-state index is 6.00. The van der Waals surface area contributed by atoms with Gasteiger partial charge in [0.15, 0.2) is 0 Å². The highest BCUT2D eigenvalue weighted by molar-refractivity contribution is 7.99. The van der Waals surface area contributed by atoms with Gasteiger partial charge in [0, 0.05) is 9.79 Å². The maximum Gasteiger partial charge on any atom is 0.119 e. The summed E-state index contributed by atoms with van der Waals surface area (Å²) in [6.07, 6.45) is 22.4. The second kappa shape index (κ2) is 19.8. The topological polar surface area (TPSA) is 9.23 Å². The molecule has 0 saturated carbocycles. The van der Waals surface area contributed by atoms with Gasteiger partial charge in [-0.05, 0) is 53.9 Å². The molecule has 0 unspecified atom stereocenters. The third kappa shape index (κ3) is 13.1.